The van der Waals surface area contributed by atoms with Gasteiger partial charge in [-0.2, -0.15) is 0 Å². The summed E-state index contributed by atoms with van der Waals surface area (Å²) in [6.45, 7) is 3.27. The van der Waals surface area contributed by atoms with E-state index in [0.717, 1.165) is 4.31 Å². The molecular formula is C28H31Cl2N3O5S. The Morgan fingerprint density at radius 3 is 2.13 bits per heavy atom. The Balaban J connectivity index is 2.03. The summed E-state index contributed by atoms with van der Waals surface area (Å²) in [4.78, 5) is 28.1. The van der Waals surface area contributed by atoms with Gasteiger partial charge in [0.05, 0.1) is 17.7 Å². The zero-order valence-electron chi connectivity index (χ0n) is 21.9. The van der Waals surface area contributed by atoms with Gasteiger partial charge in [0.25, 0.3) is 10.0 Å². The Kier molecular flexibility index (Phi) is 10.6. The van der Waals surface area contributed by atoms with Crippen LogP contribution in [-0.2, 0) is 26.2 Å². The monoisotopic (exact) mass is 591 g/mol. The fraction of sp³-hybridized carbons (Fsp3) is 0.286. The highest BCUT2D eigenvalue weighted by molar-refractivity contribution is 7.92. The normalized spacial score (nSPS) is 11.9. The molecule has 3 aromatic carbocycles. The molecule has 0 saturated heterocycles. The summed E-state index contributed by atoms with van der Waals surface area (Å²) in [5, 5.41) is 3.44. The van der Waals surface area contributed by atoms with Crippen molar-refractivity contribution in [3.63, 3.8) is 0 Å². The third-order valence-corrected chi connectivity index (χ3v) is 8.57. The fourth-order valence-electron chi connectivity index (χ4n) is 3.83. The number of carbonyl (C=O) groups is 2. The molecule has 3 rings (SSSR count). The molecule has 0 aromatic heterocycles. The largest absolute Gasteiger partial charge is 0.497 e. The molecule has 0 heterocycles. The van der Waals surface area contributed by atoms with E-state index in [9.17, 15) is 18.0 Å². The van der Waals surface area contributed by atoms with Crippen molar-refractivity contribution in [3.05, 3.63) is 88.4 Å². The van der Waals surface area contributed by atoms with Crippen LogP contribution in [0, 0.1) is 0 Å². The molecule has 208 valence electrons. The first kappa shape index (κ1) is 30.3. The van der Waals surface area contributed by atoms with E-state index in [1.807, 2.05) is 6.92 Å². The highest BCUT2D eigenvalue weighted by Gasteiger charge is 2.33. The number of halogens is 2. The number of hydrogen-bond donors (Lipinski definition) is 1. The number of hydrogen-bond acceptors (Lipinski definition) is 5. The number of carbonyl (C=O) groups excluding carboxylic acids is 2. The average Bonchev–Trinajstić information content (AvgIpc) is 2.94. The number of benzene rings is 3. The standard InChI is InChI=1S/C28H31Cl2N3O5S/c1-4-17-31-28(35)20(2)32(18-24-25(29)11-8-12-26(24)30)27(34)19-33(21-9-6-5-7-10-21)39(36,37)23-15-13-22(38-3)14-16-23/h5-16,20H,4,17-19H2,1-3H3,(H,31,35)/t20-/m1/s1. The van der Waals surface area contributed by atoms with Crippen LogP contribution in [0.15, 0.2) is 77.7 Å². The van der Waals surface area contributed by atoms with Crippen LogP contribution in [0.1, 0.15) is 25.8 Å². The van der Waals surface area contributed by atoms with Gasteiger partial charge in [0.2, 0.25) is 11.8 Å². The zero-order valence-corrected chi connectivity index (χ0v) is 24.3. The maximum Gasteiger partial charge on any atom is 0.264 e. The van der Waals surface area contributed by atoms with Gasteiger partial charge in [0.1, 0.15) is 18.3 Å². The lowest BCUT2D eigenvalue weighted by molar-refractivity contribution is -0.139. The molecule has 0 aliphatic carbocycles. The molecule has 0 spiro atoms. The molecular weight excluding hydrogens is 561 g/mol. The number of rotatable bonds is 12. The molecule has 11 heteroatoms. The zero-order chi connectivity index (χ0) is 28.6. The Bertz CT molecular complexity index is 1370. The van der Waals surface area contributed by atoms with Gasteiger partial charge in [-0.05, 0) is 61.9 Å². The van der Waals surface area contributed by atoms with Gasteiger partial charge in [-0.25, -0.2) is 8.42 Å². The van der Waals surface area contributed by atoms with E-state index < -0.39 is 28.5 Å². The van der Waals surface area contributed by atoms with Crippen molar-refractivity contribution < 1.29 is 22.7 Å². The molecule has 1 N–H and O–H groups in total. The maximum atomic E-state index is 13.9. The molecule has 0 unspecified atom stereocenters. The van der Waals surface area contributed by atoms with Gasteiger partial charge in [0.15, 0.2) is 0 Å². The highest BCUT2D eigenvalue weighted by Crippen LogP contribution is 2.28. The Morgan fingerprint density at radius 1 is 0.949 bits per heavy atom. The van der Waals surface area contributed by atoms with Gasteiger partial charge in [-0.1, -0.05) is 54.4 Å². The predicted molar refractivity (Wildman–Crippen MR) is 154 cm³/mol. The van der Waals surface area contributed by atoms with Gasteiger partial charge in [-0.3, -0.25) is 13.9 Å². The number of anilines is 1. The Hall–Kier alpha value is -3.27. The number of nitrogens with zero attached hydrogens (tertiary/aromatic N) is 2. The van der Waals surface area contributed by atoms with Gasteiger partial charge < -0.3 is 15.0 Å². The summed E-state index contributed by atoms with van der Waals surface area (Å²) in [7, 11) is -2.70. The van der Waals surface area contributed by atoms with Crippen LogP contribution in [0.25, 0.3) is 0 Å². The Labute approximate surface area is 239 Å². The Morgan fingerprint density at radius 2 is 1.56 bits per heavy atom. The van der Waals surface area contributed by atoms with Gasteiger partial charge in [-0.15, -0.1) is 0 Å². The van der Waals surface area contributed by atoms with E-state index in [-0.39, 0.29) is 17.3 Å². The average molecular weight is 593 g/mol. The topological polar surface area (TPSA) is 96.0 Å². The van der Waals surface area contributed by atoms with E-state index in [2.05, 4.69) is 5.32 Å². The number of ether oxygens (including phenoxy) is 1. The lowest BCUT2D eigenvalue weighted by Gasteiger charge is -2.32. The molecule has 8 nitrogen and oxygen atoms in total. The highest BCUT2D eigenvalue weighted by atomic mass is 35.5. The van der Waals surface area contributed by atoms with Crippen LogP contribution >= 0.6 is 23.2 Å². The van der Waals surface area contributed by atoms with E-state index in [4.69, 9.17) is 27.9 Å². The third-order valence-electron chi connectivity index (χ3n) is 6.08. The van der Waals surface area contributed by atoms with E-state index in [1.165, 1.54) is 36.3 Å². The maximum absolute atomic E-state index is 13.9. The second-order valence-corrected chi connectivity index (χ2v) is 11.4. The summed E-state index contributed by atoms with van der Waals surface area (Å²) in [5.74, 6) is -0.491. The molecule has 3 aromatic rings. The number of nitrogens with one attached hydrogen (secondary N) is 1. The molecule has 0 aliphatic heterocycles. The molecule has 0 aliphatic rings. The molecule has 1 atom stereocenters. The molecule has 0 fully saturated rings. The van der Waals surface area contributed by atoms with Gasteiger partial charge in [0, 0.05) is 28.7 Å². The van der Waals surface area contributed by atoms with Crippen LogP contribution in [-0.4, -0.2) is 51.4 Å². The first-order valence-corrected chi connectivity index (χ1v) is 14.5. The third kappa shape index (κ3) is 7.44. The summed E-state index contributed by atoms with van der Waals surface area (Å²) in [5.41, 5.74) is 0.745. The van der Waals surface area contributed by atoms with E-state index in [0.29, 0.717) is 40.0 Å². The molecule has 39 heavy (non-hydrogen) atoms. The minimum Gasteiger partial charge on any atom is -0.497 e. The van der Waals surface area contributed by atoms with Crippen LogP contribution in [0.5, 0.6) is 5.75 Å². The van der Waals surface area contributed by atoms with E-state index in [1.54, 1.807) is 55.5 Å². The van der Waals surface area contributed by atoms with Crippen molar-refractivity contribution in [3.8, 4) is 5.75 Å². The smallest absolute Gasteiger partial charge is 0.264 e. The van der Waals surface area contributed by atoms with Crippen molar-refractivity contribution in [1.29, 1.82) is 0 Å². The van der Waals surface area contributed by atoms with Crippen molar-refractivity contribution >= 4 is 50.7 Å². The van der Waals surface area contributed by atoms with Crippen molar-refractivity contribution in [2.24, 2.45) is 0 Å². The molecule has 0 saturated carbocycles. The number of para-hydroxylation sites is 1. The quantitative estimate of drug-likeness (QED) is 0.314. The second kappa shape index (κ2) is 13.7. The predicted octanol–water partition coefficient (Wildman–Crippen LogP) is 5.14. The van der Waals surface area contributed by atoms with Crippen LogP contribution < -0.4 is 14.4 Å². The lowest BCUT2D eigenvalue weighted by atomic mass is 10.1. The van der Waals surface area contributed by atoms with E-state index >= 15 is 0 Å². The fourth-order valence-corrected chi connectivity index (χ4v) is 5.76. The molecule has 0 radical (unpaired) electrons. The number of methoxy groups -OCH3 is 1. The lowest BCUT2D eigenvalue weighted by Crippen LogP contribution is -2.51. The molecule has 0 bridgehead atoms. The number of amides is 2. The summed E-state index contributed by atoms with van der Waals surface area (Å²) < 4.78 is 33.8. The van der Waals surface area contributed by atoms with Crippen LogP contribution in [0.4, 0.5) is 5.69 Å². The first-order valence-electron chi connectivity index (χ1n) is 12.3. The van der Waals surface area contributed by atoms with Crippen LogP contribution in [0.2, 0.25) is 10.0 Å². The van der Waals surface area contributed by atoms with Crippen LogP contribution in [0.3, 0.4) is 0 Å². The second-order valence-electron chi connectivity index (χ2n) is 8.71. The van der Waals surface area contributed by atoms with Gasteiger partial charge >= 0.3 is 0 Å². The SMILES string of the molecule is CCCNC(=O)[C@@H](C)N(Cc1c(Cl)cccc1Cl)C(=O)CN(c1ccccc1)S(=O)(=O)c1ccc(OC)cc1. The van der Waals surface area contributed by atoms with Crippen molar-refractivity contribution in [2.45, 2.75) is 37.8 Å². The molecule has 2 amide bonds. The minimum absolute atomic E-state index is 0.0191. The summed E-state index contributed by atoms with van der Waals surface area (Å²) in [6, 6.07) is 18.2. The minimum atomic E-state index is -4.18. The first-order chi connectivity index (χ1) is 18.6. The van der Waals surface area contributed by atoms with Crippen molar-refractivity contribution in [1.82, 2.24) is 10.2 Å². The summed E-state index contributed by atoms with van der Waals surface area (Å²) >= 11 is 12.8. The summed E-state index contributed by atoms with van der Waals surface area (Å²) in [6.07, 6.45) is 0.713. The number of sulfonamides is 1. The van der Waals surface area contributed by atoms with Crippen molar-refractivity contribution in [2.75, 3.05) is 24.5 Å².